The number of nitrogens with zero attached hydrogens (tertiary/aromatic N) is 3. The average molecular weight is 564 g/mol. The van der Waals surface area contributed by atoms with Crippen LogP contribution in [0.25, 0.3) is 11.3 Å². The summed E-state index contributed by atoms with van der Waals surface area (Å²) in [6.45, 7) is 14.4. The Bertz CT molecular complexity index is 1350. The van der Waals surface area contributed by atoms with E-state index in [0.717, 1.165) is 16.3 Å². The van der Waals surface area contributed by atoms with Gasteiger partial charge in [-0.05, 0) is 46.6 Å². The van der Waals surface area contributed by atoms with Crippen LogP contribution >= 0.6 is 22.9 Å². The molecule has 5 nitrogen and oxygen atoms in total. The fourth-order valence-corrected chi connectivity index (χ4v) is 7.73. The predicted octanol–water partition coefficient (Wildman–Crippen LogP) is 7.48. The molecule has 1 aromatic heterocycles. The van der Waals surface area contributed by atoms with Gasteiger partial charge in [-0.2, -0.15) is 4.31 Å². The molecule has 4 rings (SSSR count). The molecule has 200 valence electrons. The summed E-state index contributed by atoms with van der Waals surface area (Å²) in [6, 6.07) is 8.83. The number of thiazole rings is 1. The van der Waals surface area contributed by atoms with Crippen LogP contribution in [0, 0.1) is 5.82 Å². The molecular weight excluding hydrogens is 529 g/mol. The molecule has 9 heteroatoms. The fraction of sp³-hybridized carbons (Fsp3) is 0.464. The highest BCUT2D eigenvalue weighted by Gasteiger charge is 2.34. The Labute approximate surface area is 229 Å². The van der Waals surface area contributed by atoms with E-state index >= 15 is 0 Å². The molecule has 0 bridgehead atoms. The molecule has 2 aromatic carbocycles. The van der Waals surface area contributed by atoms with Crippen molar-refractivity contribution < 1.29 is 12.8 Å². The van der Waals surface area contributed by atoms with Crippen LogP contribution in [0.4, 0.5) is 9.52 Å². The maximum Gasteiger partial charge on any atom is 0.243 e. The maximum absolute atomic E-state index is 14.1. The number of hydrogen-bond acceptors (Lipinski definition) is 5. The first-order valence-corrected chi connectivity index (χ1v) is 15.4. The average Bonchev–Trinajstić information content (AvgIpc) is 3.35. The van der Waals surface area contributed by atoms with Gasteiger partial charge in [-0.1, -0.05) is 71.3 Å². The Morgan fingerprint density at radius 2 is 1.51 bits per heavy atom. The highest BCUT2D eigenvalue weighted by Crippen LogP contribution is 2.37. The smallest absolute Gasteiger partial charge is 0.243 e. The van der Waals surface area contributed by atoms with Gasteiger partial charge in [0, 0.05) is 37.1 Å². The van der Waals surface area contributed by atoms with E-state index in [1.54, 1.807) is 10.4 Å². The highest BCUT2D eigenvalue weighted by atomic mass is 35.5. The first-order chi connectivity index (χ1) is 17.4. The summed E-state index contributed by atoms with van der Waals surface area (Å²) < 4.78 is 43.6. The van der Waals surface area contributed by atoms with Gasteiger partial charge in [0.05, 0.1) is 15.6 Å². The summed E-state index contributed by atoms with van der Waals surface area (Å²) in [4.78, 5) is 7.27. The minimum absolute atomic E-state index is 0.0802. The van der Waals surface area contributed by atoms with Crippen LogP contribution in [0.2, 0.25) is 5.02 Å². The van der Waals surface area contributed by atoms with E-state index in [9.17, 15) is 12.8 Å². The monoisotopic (exact) mass is 563 g/mol. The standard InChI is InChI=1S/C28H35ClFN3O2S2/c1-17(2)21-13-22(18(3)4)27(23(14-21)19(5)6)37(34,35)33-11-9-32(10-12-33)28-31-26(16-36-28)20-7-8-24(29)25(30)15-20/h7-8,13-19H,9-12H2,1-6H3. The van der Waals surface area contributed by atoms with Crippen molar-refractivity contribution in [1.82, 2.24) is 9.29 Å². The first kappa shape index (κ1) is 28.0. The number of rotatable bonds is 7. The Kier molecular flexibility index (Phi) is 8.34. The van der Waals surface area contributed by atoms with Crippen molar-refractivity contribution in [3.63, 3.8) is 0 Å². The molecule has 0 saturated carbocycles. The largest absolute Gasteiger partial charge is 0.345 e. The molecule has 0 N–H and O–H groups in total. The highest BCUT2D eigenvalue weighted by molar-refractivity contribution is 7.89. The number of piperazine rings is 1. The number of halogens is 2. The summed E-state index contributed by atoms with van der Waals surface area (Å²) in [5.74, 6) is 0.0285. The molecule has 2 heterocycles. The molecule has 0 atom stereocenters. The van der Waals surface area contributed by atoms with Crippen molar-refractivity contribution in [2.75, 3.05) is 31.1 Å². The van der Waals surface area contributed by atoms with Crippen LogP contribution in [-0.2, 0) is 10.0 Å². The summed E-state index contributed by atoms with van der Waals surface area (Å²) >= 11 is 7.28. The minimum Gasteiger partial charge on any atom is -0.345 e. The van der Waals surface area contributed by atoms with E-state index in [1.165, 1.54) is 29.0 Å². The van der Waals surface area contributed by atoms with Gasteiger partial charge in [0.1, 0.15) is 5.82 Å². The van der Waals surface area contributed by atoms with E-state index in [1.807, 2.05) is 5.38 Å². The molecule has 0 unspecified atom stereocenters. The van der Waals surface area contributed by atoms with Gasteiger partial charge >= 0.3 is 0 Å². The zero-order valence-corrected chi connectivity index (χ0v) is 24.6. The molecule has 1 saturated heterocycles. The molecule has 0 radical (unpaired) electrons. The third kappa shape index (κ3) is 5.72. The quantitative estimate of drug-likeness (QED) is 0.299. The molecule has 37 heavy (non-hydrogen) atoms. The topological polar surface area (TPSA) is 53.5 Å². The lowest BCUT2D eigenvalue weighted by atomic mass is 9.89. The summed E-state index contributed by atoms with van der Waals surface area (Å²) in [7, 11) is -3.67. The number of aromatic nitrogens is 1. The van der Waals surface area contributed by atoms with E-state index in [2.05, 4.69) is 63.6 Å². The molecular formula is C28H35ClFN3O2S2. The fourth-order valence-electron chi connectivity index (χ4n) is 4.63. The van der Waals surface area contributed by atoms with Crippen LogP contribution in [-0.4, -0.2) is 43.9 Å². The number of anilines is 1. The van der Waals surface area contributed by atoms with Crippen molar-refractivity contribution in [3.8, 4) is 11.3 Å². The van der Waals surface area contributed by atoms with Gasteiger partial charge in [0.2, 0.25) is 10.0 Å². The molecule has 1 aliphatic heterocycles. The van der Waals surface area contributed by atoms with Crippen molar-refractivity contribution in [1.29, 1.82) is 0 Å². The van der Waals surface area contributed by atoms with Gasteiger partial charge in [0.15, 0.2) is 5.13 Å². The van der Waals surface area contributed by atoms with Crippen LogP contribution in [0.5, 0.6) is 0 Å². The van der Waals surface area contributed by atoms with Crippen LogP contribution in [0.3, 0.4) is 0 Å². The molecule has 0 amide bonds. The Balaban J connectivity index is 1.58. The Morgan fingerprint density at radius 1 is 0.919 bits per heavy atom. The number of benzene rings is 2. The molecule has 0 spiro atoms. The number of sulfonamides is 1. The van der Waals surface area contributed by atoms with E-state index < -0.39 is 15.8 Å². The molecule has 1 fully saturated rings. The van der Waals surface area contributed by atoms with Crippen LogP contribution < -0.4 is 4.90 Å². The van der Waals surface area contributed by atoms with Crippen molar-refractivity contribution in [3.05, 3.63) is 63.2 Å². The van der Waals surface area contributed by atoms with Crippen molar-refractivity contribution in [2.24, 2.45) is 0 Å². The van der Waals surface area contributed by atoms with Gasteiger partial charge in [-0.15, -0.1) is 11.3 Å². The van der Waals surface area contributed by atoms with E-state index in [0.29, 0.717) is 48.2 Å². The van der Waals surface area contributed by atoms with Crippen molar-refractivity contribution >= 4 is 38.1 Å². The van der Waals surface area contributed by atoms with E-state index in [4.69, 9.17) is 11.6 Å². The second-order valence-corrected chi connectivity index (χ2v) is 13.6. The number of hydrogen-bond donors (Lipinski definition) is 0. The van der Waals surface area contributed by atoms with E-state index in [-0.39, 0.29) is 16.9 Å². The molecule has 1 aliphatic rings. The summed E-state index contributed by atoms with van der Waals surface area (Å²) in [5, 5.41) is 2.77. The minimum atomic E-state index is -3.67. The van der Waals surface area contributed by atoms with Gasteiger partial charge in [0.25, 0.3) is 0 Å². The summed E-state index contributed by atoms with van der Waals surface area (Å²) in [5.41, 5.74) is 4.32. The Morgan fingerprint density at radius 3 is 2.03 bits per heavy atom. The second kappa shape index (κ2) is 11.0. The molecule has 0 aliphatic carbocycles. The first-order valence-electron chi connectivity index (χ1n) is 12.7. The Hall–Kier alpha value is -2.00. The van der Waals surface area contributed by atoms with Gasteiger partial charge in [-0.25, -0.2) is 17.8 Å². The normalized spacial score (nSPS) is 15.4. The van der Waals surface area contributed by atoms with Gasteiger partial charge in [-0.3, -0.25) is 0 Å². The lowest BCUT2D eigenvalue weighted by Gasteiger charge is -2.35. The zero-order valence-electron chi connectivity index (χ0n) is 22.3. The molecule has 3 aromatic rings. The third-order valence-electron chi connectivity index (χ3n) is 6.89. The predicted molar refractivity (Wildman–Crippen MR) is 152 cm³/mol. The van der Waals surface area contributed by atoms with Crippen molar-refractivity contribution in [2.45, 2.75) is 64.2 Å². The lowest BCUT2D eigenvalue weighted by Crippen LogP contribution is -2.49. The van der Waals surface area contributed by atoms with Crippen LogP contribution in [0.15, 0.2) is 40.6 Å². The third-order valence-corrected chi connectivity index (χ3v) is 10.1. The maximum atomic E-state index is 14.1. The zero-order chi connectivity index (χ0) is 27.1. The van der Waals surface area contributed by atoms with Gasteiger partial charge < -0.3 is 4.90 Å². The second-order valence-electron chi connectivity index (χ2n) is 10.5. The SMILES string of the molecule is CC(C)c1cc(C(C)C)c(S(=O)(=O)N2CCN(c3nc(-c4ccc(Cl)c(F)c4)cs3)CC2)c(C(C)C)c1. The lowest BCUT2D eigenvalue weighted by molar-refractivity contribution is 0.383. The summed E-state index contributed by atoms with van der Waals surface area (Å²) in [6.07, 6.45) is 0. The van der Waals surface area contributed by atoms with Crippen LogP contribution in [0.1, 0.15) is 76.0 Å².